The summed E-state index contributed by atoms with van der Waals surface area (Å²) in [7, 11) is 0. The van der Waals surface area contributed by atoms with E-state index in [-0.39, 0.29) is 24.8 Å². The molecule has 2 rings (SSSR count). The number of hydrogen-bond acceptors (Lipinski definition) is 6. The molecule has 0 atom stereocenters. The molecule has 1 heterocycles. The molecule has 0 radical (unpaired) electrons. The highest BCUT2D eigenvalue weighted by atomic mass is 35.5. The third kappa shape index (κ3) is 4.01. The van der Waals surface area contributed by atoms with Crippen molar-refractivity contribution in [3.8, 4) is 5.69 Å². The Bertz CT molecular complexity index is 660. The monoisotopic (exact) mass is 323 g/mol. The lowest BCUT2D eigenvalue weighted by Crippen LogP contribution is -2.27. The summed E-state index contributed by atoms with van der Waals surface area (Å²) in [5, 5.41) is 13.9. The first kappa shape index (κ1) is 15.9. The van der Waals surface area contributed by atoms with Crippen molar-refractivity contribution in [1.29, 1.82) is 0 Å². The number of carbonyl (C=O) groups is 2. The van der Waals surface area contributed by atoms with Crippen LogP contribution in [0.1, 0.15) is 23.7 Å². The fraction of sp³-hybridized carbons (Fsp3) is 0.308. The van der Waals surface area contributed by atoms with E-state index in [0.717, 1.165) is 0 Å². The molecule has 0 saturated heterocycles. The molecule has 0 aliphatic carbocycles. The van der Waals surface area contributed by atoms with Gasteiger partial charge < -0.3 is 10.1 Å². The van der Waals surface area contributed by atoms with Crippen LogP contribution in [0.15, 0.2) is 24.5 Å². The highest BCUT2D eigenvalue weighted by Gasteiger charge is 2.15. The van der Waals surface area contributed by atoms with Crippen LogP contribution in [-0.4, -0.2) is 45.2 Å². The molecule has 0 saturated carbocycles. The molecule has 0 spiro atoms. The predicted molar refractivity (Wildman–Crippen MR) is 77.7 cm³/mol. The van der Waals surface area contributed by atoms with Gasteiger partial charge in [0.25, 0.3) is 5.91 Å². The average molecular weight is 324 g/mol. The minimum Gasteiger partial charge on any atom is -0.466 e. The number of nitrogens with zero attached hydrogens (tertiary/aromatic N) is 4. The number of benzene rings is 1. The Balaban J connectivity index is 2.09. The molecule has 1 N–H and O–H groups in total. The van der Waals surface area contributed by atoms with Gasteiger partial charge >= 0.3 is 5.97 Å². The Morgan fingerprint density at radius 2 is 2.23 bits per heavy atom. The minimum absolute atomic E-state index is 0.0976. The smallest absolute Gasteiger partial charge is 0.307 e. The number of rotatable bonds is 6. The summed E-state index contributed by atoms with van der Waals surface area (Å²) in [6.07, 6.45) is 1.47. The molecule has 0 fully saturated rings. The molecular weight excluding hydrogens is 310 g/mol. The number of halogens is 1. The zero-order valence-electron chi connectivity index (χ0n) is 11.8. The van der Waals surface area contributed by atoms with Gasteiger partial charge in [-0.2, -0.15) is 4.68 Å². The summed E-state index contributed by atoms with van der Waals surface area (Å²) in [5.74, 6) is -0.744. The number of aromatic nitrogens is 4. The maximum atomic E-state index is 12.2. The zero-order chi connectivity index (χ0) is 15.9. The van der Waals surface area contributed by atoms with Gasteiger partial charge in [-0.05, 0) is 35.5 Å². The van der Waals surface area contributed by atoms with Gasteiger partial charge in [-0.15, -0.1) is 5.10 Å². The molecule has 2 aromatic rings. The standard InChI is InChI=1S/C13H14ClN5O3/c1-2-22-12(20)5-6-15-13(21)10-7-9(14)3-4-11(10)19-8-16-17-18-19/h3-4,7-8H,2,5-6H2,1H3,(H,15,21). The SMILES string of the molecule is CCOC(=O)CCNC(=O)c1cc(Cl)ccc1-n1cnnn1. The van der Waals surface area contributed by atoms with Crippen molar-refractivity contribution in [2.24, 2.45) is 0 Å². The van der Waals surface area contributed by atoms with Crippen molar-refractivity contribution in [3.63, 3.8) is 0 Å². The maximum absolute atomic E-state index is 12.2. The van der Waals surface area contributed by atoms with E-state index >= 15 is 0 Å². The highest BCUT2D eigenvalue weighted by Crippen LogP contribution is 2.18. The van der Waals surface area contributed by atoms with Gasteiger partial charge in [-0.1, -0.05) is 11.6 Å². The van der Waals surface area contributed by atoms with Crippen LogP contribution in [0.4, 0.5) is 0 Å². The average Bonchev–Trinajstić information content (AvgIpc) is 3.01. The molecule has 0 bridgehead atoms. The van der Waals surface area contributed by atoms with Crippen molar-refractivity contribution in [1.82, 2.24) is 25.5 Å². The van der Waals surface area contributed by atoms with Crippen LogP contribution in [-0.2, 0) is 9.53 Å². The molecule has 8 nitrogen and oxygen atoms in total. The summed E-state index contributed by atoms with van der Waals surface area (Å²) < 4.78 is 6.15. The summed E-state index contributed by atoms with van der Waals surface area (Å²) in [6.45, 7) is 2.20. The number of nitrogens with one attached hydrogen (secondary N) is 1. The molecule has 1 aromatic heterocycles. The number of hydrogen-bond donors (Lipinski definition) is 1. The van der Waals surface area contributed by atoms with E-state index in [4.69, 9.17) is 16.3 Å². The number of ether oxygens (including phenoxy) is 1. The van der Waals surface area contributed by atoms with Crippen LogP contribution in [0.5, 0.6) is 0 Å². The molecule has 22 heavy (non-hydrogen) atoms. The van der Waals surface area contributed by atoms with Gasteiger partial charge in [0.1, 0.15) is 6.33 Å². The molecule has 0 aliphatic rings. The van der Waals surface area contributed by atoms with Gasteiger partial charge in [0.15, 0.2) is 0 Å². The molecule has 1 amide bonds. The Kier molecular flexibility index (Phi) is 5.42. The quantitative estimate of drug-likeness (QED) is 0.796. The molecule has 116 valence electrons. The van der Waals surface area contributed by atoms with Crippen molar-refractivity contribution in [3.05, 3.63) is 35.1 Å². The molecule has 9 heteroatoms. The number of amides is 1. The van der Waals surface area contributed by atoms with Gasteiger partial charge in [0.2, 0.25) is 0 Å². The summed E-state index contributed by atoms with van der Waals surface area (Å²) >= 11 is 5.93. The Morgan fingerprint density at radius 3 is 2.91 bits per heavy atom. The lowest BCUT2D eigenvalue weighted by molar-refractivity contribution is -0.142. The van der Waals surface area contributed by atoms with Crippen LogP contribution < -0.4 is 5.32 Å². The van der Waals surface area contributed by atoms with Crippen molar-refractivity contribution in [2.45, 2.75) is 13.3 Å². The van der Waals surface area contributed by atoms with Gasteiger partial charge in [0, 0.05) is 11.6 Å². The van der Waals surface area contributed by atoms with Crippen LogP contribution >= 0.6 is 11.6 Å². The van der Waals surface area contributed by atoms with E-state index in [1.54, 1.807) is 19.1 Å². The second kappa shape index (κ2) is 7.51. The normalized spacial score (nSPS) is 10.3. The Labute approximate surface area is 131 Å². The topological polar surface area (TPSA) is 99.0 Å². The van der Waals surface area contributed by atoms with E-state index in [2.05, 4.69) is 20.8 Å². The molecule has 0 aliphatic heterocycles. The molecule has 1 aromatic carbocycles. The summed E-state index contributed by atoms with van der Waals surface area (Å²) in [4.78, 5) is 23.5. The van der Waals surface area contributed by atoms with E-state index < -0.39 is 0 Å². The maximum Gasteiger partial charge on any atom is 0.307 e. The van der Waals surface area contributed by atoms with E-state index in [1.807, 2.05) is 0 Å². The zero-order valence-corrected chi connectivity index (χ0v) is 12.6. The van der Waals surface area contributed by atoms with Crippen molar-refractivity contribution < 1.29 is 14.3 Å². The number of tetrazole rings is 1. The number of esters is 1. The van der Waals surface area contributed by atoms with Crippen LogP contribution in [0, 0.1) is 0 Å². The van der Waals surface area contributed by atoms with Crippen molar-refractivity contribution in [2.75, 3.05) is 13.2 Å². The Morgan fingerprint density at radius 1 is 1.41 bits per heavy atom. The molecular formula is C13H14ClN5O3. The van der Waals surface area contributed by atoms with Gasteiger partial charge in [0.05, 0.1) is 24.3 Å². The lowest BCUT2D eigenvalue weighted by Gasteiger charge is -2.10. The largest absolute Gasteiger partial charge is 0.466 e. The first-order chi connectivity index (χ1) is 10.6. The first-order valence-electron chi connectivity index (χ1n) is 6.58. The second-order valence-corrected chi connectivity index (χ2v) is 4.66. The number of carbonyl (C=O) groups excluding carboxylic acids is 2. The Hall–Kier alpha value is -2.48. The van der Waals surface area contributed by atoms with E-state index in [9.17, 15) is 9.59 Å². The van der Waals surface area contributed by atoms with Gasteiger partial charge in [-0.3, -0.25) is 9.59 Å². The second-order valence-electron chi connectivity index (χ2n) is 4.23. The first-order valence-corrected chi connectivity index (χ1v) is 6.96. The van der Waals surface area contributed by atoms with Gasteiger partial charge in [-0.25, -0.2) is 0 Å². The third-order valence-corrected chi connectivity index (χ3v) is 2.95. The predicted octanol–water partition coefficient (Wildman–Crippen LogP) is 0.999. The van der Waals surface area contributed by atoms with E-state index in [1.165, 1.54) is 17.1 Å². The van der Waals surface area contributed by atoms with Crippen LogP contribution in [0.2, 0.25) is 5.02 Å². The van der Waals surface area contributed by atoms with Crippen LogP contribution in [0.25, 0.3) is 5.69 Å². The fourth-order valence-corrected chi connectivity index (χ4v) is 1.94. The van der Waals surface area contributed by atoms with E-state index in [0.29, 0.717) is 22.9 Å². The fourth-order valence-electron chi connectivity index (χ4n) is 1.77. The van der Waals surface area contributed by atoms with Crippen molar-refractivity contribution >= 4 is 23.5 Å². The lowest BCUT2D eigenvalue weighted by atomic mass is 10.1. The van der Waals surface area contributed by atoms with Crippen LogP contribution in [0.3, 0.4) is 0 Å². The summed E-state index contributed by atoms with van der Waals surface area (Å²) in [6, 6.07) is 4.78. The molecule has 0 unspecified atom stereocenters. The summed E-state index contributed by atoms with van der Waals surface area (Å²) in [5.41, 5.74) is 0.798. The third-order valence-electron chi connectivity index (χ3n) is 2.72. The minimum atomic E-state index is -0.378. The highest BCUT2D eigenvalue weighted by molar-refractivity contribution is 6.31.